The van der Waals surface area contributed by atoms with Gasteiger partial charge in [-0.3, -0.25) is 4.99 Å². The largest absolute Gasteiger partial charge is 0.441 e. The Morgan fingerprint density at radius 1 is 1.50 bits per heavy atom. The molecule has 0 fully saturated rings. The van der Waals surface area contributed by atoms with E-state index in [0.29, 0.717) is 5.96 Å². The van der Waals surface area contributed by atoms with Crippen molar-refractivity contribution >= 4 is 17.7 Å². The Morgan fingerprint density at radius 2 is 2.29 bits per heavy atom. The van der Waals surface area contributed by atoms with Crippen molar-refractivity contribution < 1.29 is 13.2 Å². The summed E-state index contributed by atoms with van der Waals surface area (Å²) in [6, 6.07) is 0. The molecule has 82 valence electrons. The fraction of sp³-hybridized carbons (Fsp3) is 0.857. The number of hydrogen-bond acceptors (Lipinski definition) is 4. The molecule has 0 aliphatic carbocycles. The van der Waals surface area contributed by atoms with Gasteiger partial charge in [0.2, 0.25) is 0 Å². The summed E-state index contributed by atoms with van der Waals surface area (Å²) >= 11 is -0.0231. The fourth-order valence-corrected chi connectivity index (χ4v) is 1.42. The van der Waals surface area contributed by atoms with Gasteiger partial charge >= 0.3 is 5.51 Å². The lowest BCUT2D eigenvalue weighted by Gasteiger charge is -2.15. The zero-order chi connectivity index (χ0) is 10.4. The topological polar surface area (TPSA) is 36.4 Å². The quantitative estimate of drug-likeness (QED) is 0.711. The molecule has 1 heterocycles. The Balaban J connectivity index is 2.06. The predicted molar refractivity (Wildman–Crippen MR) is 51.4 cm³/mol. The third-order valence-corrected chi connectivity index (χ3v) is 2.29. The van der Waals surface area contributed by atoms with Gasteiger partial charge in [0.05, 0.1) is 0 Å². The van der Waals surface area contributed by atoms with Crippen LogP contribution in [0.1, 0.15) is 6.42 Å². The summed E-state index contributed by atoms with van der Waals surface area (Å²) in [5, 5.41) is 5.78. The van der Waals surface area contributed by atoms with Gasteiger partial charge in [-0.1, -0.05) is 0 Å². The molecule has 14 heavy (non-hydrogen) atoms. The zero-order valence-electron chi connectivity index (χ0n) is 7.52. The molecular weight excluding hydrogens is 215 g/mol. The van der Waals surface area contributed by atoms with Gasteiger partial charge in [0.25, 0.3) is 0 Å². The first-order chi connectivity index (χ1) is 6.58. The van der Waals surface area contributed by atoms with Crippen molar-refractivity contribution in [2.24, 2.45) is 4.99 Å². The third-order valence-electron chi connectivity index (χ3n) is 1.56. The number of guanidine groups is 1. The molecule has 3 nitrogen and oxygen atoms in total. The van der Waals surface area contributed by atoms with Gasteiger partial charge in [-0.05, 0) is 18.2 Å². The predicted octanol–water partition coefficient (Wildman–Crippen LogP) is 1.18. The number of alkyl halides is 3. The number of halogens is 3. The minimum atomic E-state index is -4.14. The van der Waals surface area contributed by atoms with Crippen LogP contribution in [0.4, 0.5) is 13.2 Å². The van der Waals surface area contributed by atoms with Crippen molar-refractivity contribution in [3.63, 3.8) is 0 Å². The molecule has 1 rings (SSSR count). The Morgan fingerprint density at radius 3 is 2.86 bits per heavy atom. The number of aliphatic imine (C=N–C) groups is 1. The maximum atomic E-state index is 11.7. The van der Waals surface area contributed by atoms with Crippen LogP contribution in [-0.4, -0.2) is 36.9 Å². The van der Waals surface area contributed by atoms with Crippen LogP contribution in [0.15, 0.2) is 4.99 Å². The van der Waals surface area contributed by atoms with Gasteiger partial charge in [-0.25, -0.2) is 0 Å². The Kier molecular flexibility index (Phi) is 4.37. The molecule has 0 saturated heterocycles. The molecule has 0 aromatic carbocycles. The highest BCUT2D eigenvalue weighted by molar-refractivity contribution is 8.00. The molecule has 0 spiro atoms. The molecule has 0 radical (unpaired) electrons. The molecule has 0 aromatic rings. The van der Waals surface area contributed by atoms with Crippen molar-refractivity contribution in [1.29, 1.82) is 0 Å². The first kappa shape index (κ1) is 11.5. The molecule has 7 heteroatoms. The minimum Gasteiger partial charge on any atom is -0.356 e. The first-order valence-electron chi connectivity index (χ1n) is 4.31. The number of hydrogen-bond donors (Lipinski definition) is 2. The third kappa shape index (κ3) is 5.21. The number of thioether (sulfide) groups is 1. The highest BCUT2D eigenvalue weighted by Gasteiger charge is 2.27. The second-order valence-corrected chi connectivity index (χ2v) is 3.89. The number of nitrogens with one attached hydrogen (secondary N) is 2. The molecule has 1 aliphatic rings. The standard InChI is InChI=1S/C7H12F3N3S/c8-7(9,10)14-5-4-13-6-11-2-1-3-12-6/h1-5H2,(H2,11,12,13). The average Bonchev–Trinajstić information content (AvgIpc) is 2.13. The van der Waals surface area contributed by atoms with E-state index in [1.54, 1.807) is 0 Å². The zero-order valence-corrected chi connectivity index (χ0v) is 8.34. The van der Waals surface area contributed by atoms with Crippen LogP contribution in [0.2, 0.25) is 0 Å². The molecule has 0 amide bonds. The van der Waals surface area contributed by atoms with Crippen molar-refractivity contribution in [1.82, 2.24) is 10.6 Å². The molecule has 0 bridgehead atoms. The molecule has 0 saturated carbocycles. The second kappa shape index (κ2) is 5.33. The van der Waals surface area contributed by atoms with Crippen LogP contribution in [-0.2, 0) is 0 Å². The van der Waals surface area contributed by atoms with E-state index in [1.807, 2.05) is 0 Å². The normalized spacial score (nSPS) is 17.2. The van der Waals surface area contributed by atoms with Crippen molar-refractivity contribution in [3.8, 4) is 0 Å². The summed E-state index contributed by atoms with van der Waals surface area (Å²) in [7, 11) is 0. The van der Waals surface area contributed by atoms with E-state index in [4.69, 9.17) is 0 Å². The minimum absolute atomic E-state index is 0.00417. The number of rotatable bonds is 3. The first-order valence-corrected chi connectivity index (χ1v) is 5.29. The molecule has 2 N–H and O–H groups in total. The fourth-order valence-electron chi connectivity index (χ4n) is 0.987. The van der Waals surface area contributed by atoms with E-state index < -0.39 is 5.51 Å². The van der Waals surface area contributed by atoms with Gasteiger partial charge in [0, 0.05) is 25.4 Å². The summed E-state index contributed by atoms with van der Waals surface area (Å²) < 4.78 is 35.1. The van der Waals surface area contributed by atoms with Crippen LogP contribution in [0.5, 0.6) is 0 Å². The molecule has 0 atom stereocenters. The second-order valence-electron chi connectivity index (χ2n) is 2.73. The van der Waals surface area contributed by atoms with E-state index in [1.165, 1.54) is 0 Å². The Hall–Kier alpha value is -0.590. The Labute approximate surface area is 84.5 Å². The summed E-state index contributed by atoms with van der Waals surface area (Å²) in [5.74, 6) is 0.614. The highest BCUT2D eigenvalue weighted by Crippen LogP contribution is 2.29. The molecule has 0 aromatic heterocycles. The van der Waals surface area contributed by atoms with E-state index >= 15 is 0 Å². The van der Waals surface area contributed by atoms with Crippen LogP contribution in [0.3, 0.4) is 0 Å². The van der Waals surface area contributed by atoms with Gasteiger partial charge in [0.1, 0.15) is 0 Å². The number of nitrogens with zero attached hydrogens (tertiary/aromatic N) is 1. The summed E-state index contributed by atoms with van der Waals surface area (Å²) in [5.41, 5.74) is -4.14. The molecule has 0 unspecified atom stereocenters. The maximum Gasteiger partial charge on any atom is 0.441 e. The van der Waals surface area contributed by atoms with Crippen LogP contribution < -0.4 is 10.6 Å². The average molecular weight is 227 g/mol. The van der Waals surface area contributed by atoms with Crippen molar-refractivity contribution in [3.05, 3.63) is 0 Å². The van der Waals surface area contributed by atoms with Crippen LogP contribution >= 0.6 is 11.8 Å². The lowest BCUT2D eigenvalue weighted by Crippen LogP contribution is -2.41. The van der Waals surface area contributed by atoms with E-state index in [0.717, 1.165) is 19.5 Å². The van der Waals surface area contributed by atoms with E-state index in [2.05, 4.69) is 15.6 Å². The van der Waals surface area contributed by atoms with Crippen molar-refractivity contribution in [2.75, 3.05) is 25.4 Å². The van der Waals surface area contributed by atoms with Crippen LogP contribution in [0, 0.1) is 0 Å². The molecular formula is C7H12F3N3S. The smallest absolute Gasteiger partial charge is 0.356 e. The van der Waals surface area contributed by atoms with Gasteiger partial charge in [-0.15, -0.1) is 0 Å². The van der Waals surface area contributed by atoms with E-state index in [-0.39, 0.29) is 24.1 Å². The lowest BCUT2D eigenvalue weighted by atomic mass is 10.4. The van der Waals surface area contributed by atoms with E-state index in [9.17, 15) is 13.2 Å². The summed E-state index contributed by atoms with van der Waals surface area (Å²) in [6.07, 6.45) is 0.975. The lowest BCUT2D eigenvalue weighted by molar-refractivity contribution is -0.0327. The molecule has 1 aliphatic heterocycles. The summed E-state index contributed by atoms with van der Waals surface area (Å²) in [6.45, 7) is 1.84. The monoisotopic (exact) mass is 227 g/mol. The Bertz CT molecular complexity index is 205. The summed E-state index contributed by atoms with van der Waals surface area (Å²) in [4.78, 5) is 4.07. The van der Waals surface area contributed by atoms with Gasteiger partial charge < -0.3 is 10.6 Å². The van der Waals surface area contributed by atoms with Gasteiger partial charge in [-0.2, -0.15) is 13.2 Å². The SMILES string of the molecule is FC(F)(F)SCCNC1=NCCCN1. The van der Waals surface area contributed by atoms with Gasteiger partial charge in [0.15, 0.2) is 5.96 Å². The van der Waals surface area contributed by atoms with Crippen LogP contribution in [0.25, 0.3) is 0 Å². The maximum absolute atomic E-state index is 11.7. The van der Waals surface area contributed by atoms with Crippen molar-refractivity contribution in [2.45, 2.75) is 11.9 Å². The highest BCUT2D eigenvalue weighted by atomic mass is 32.2.